The fraction of sp³-hybridized carbons (Fsp3) is 0.125. The molecule has 1 heterocycles. The smallest absolute Gasteiger partial charge is 0.251 e. The van der Waals surface area contributed by atoms with Crippen LogP contribution in [0.4, 0.5) is 5.82 Å². The van der Waals surface area contributed by atoms with E-state index in [1.165, 1.54) is 0 Å². The van der Waals surface area contributed by atoms with E-state index in [0.717, 1.165) is 16.3 Å². The van der Waals surface area contributed by atoms with Crippen molar-refractivity contribution < 1.29 is 4.79 Å². The van der Waals surface area contributed by atoms with E-state index in [4.69, 9.17) is 5.73 Å². The number of aromatic nitrogens is 2. The number of hydrogen-bond donors (Lipinski definition) is 2. The second kappa shape index (κ2) is 5.28. The van der Waals surface area contributed by atoms with Gasteiger partial charge in [0.2, 0.25) is 0 Å². The largest absolute Gasteiger partial charge is 0.384 e. The quantitative estimate of drug-likeness (QED) is 0.771. The average Bonchev–Trinajstić information content (AvgIpc) is 2.84. The fourth-order valence-corrected chi connectivity index (χ4v) is 2.24. The number of hydrogen-bond acceptors (Lipinski definition) is 3. The van der Waals surface area contributed by atoms with Crippen molar-refractivity contribution in [2.75, 3.05) is 5.73 Å². The zero-order chi connectivity index (χ0) is 14.8. The van der Waals surface area contributed by atoms with Crippen molar-refractivity contribution in [3.05, 3.63) is 59.8 Å². The minimum atomic E-state index is -0.121. The van der Waals surface area contributed by atoms with E-state index >= 15 is 0 Å². The standard InChI is InChI=1S/C16H16N4O/c1-20-15(17)14(10-19-20)9-18-16(21)13-7-6-11-4-2-3-5-12(11)8-13/h2-8,10H,9,17H2,1H3,(H,18,21). The number of rotatable bonds is 3. The van der Waals surface area contributed by atoms with Crippen molar-refractivity contribution in [3.8, 4) is 0 Å². The SMILES string of the molecule is Cn1ncc(CNC(=O)c2ccc3ccccc3c2)c1N. The van der Waals surface area contributed by atoms with Crippen LogP contribution in [0.5, 0.6) is 0 Å². The Morgan fingerprint density at radius 2 is 2.00 bits per heavy atom. The molecule has 0 radical (unpaired) electrons. The van der Waals surface area contributed by atoms with Crippen molar-refractivity contribution in [1.29, 1.82) is 0 Å². The lowest BCUT2D eigenvalue weighted by atomic mass is 10.1. The maximum Gasteiger partial charge on any atom is 0.251 e. The lowest BCUT2D eigenvalue weighted by Crippen LogP contribution is -2.23. The number of aryl methyl sites for hydroxylation is 1. The third kappa shape index (κ3) is 2.58. The average molecular weight is 280 g/mol. The van der Waals surface area contributed by atoms with Crippen molar-refractivity contribution >= 4 is 22.5 Å². The van der Waals surface area contributed by atoms with Crippen molar-refractivity contribution in [2.24, 2.45) is 7.05 Å². The highest BCUT2D eigenvalue weighted by atomic mass is 16.1. The summed E-state index contributed by atoms with van der Waals surface area (Å²) in [7, 11) is 1.77. The summed E-state index contributed by atoms with van der Waals surface area (Å²) in [6.07, 6.45) is 1.66. The van der Waals surface area contributed by atoms with Gasteiger partial charge >= 0.3 is 0 Å². The predicted octanol–water partition coefficient (Wildman–Crippen LogP) is 2.09. The second-order valence-electron chi connectivity index (χ2n) is 4.92. The third-order valence-corrected chi connectivity index (χ3v) is 3.52. The number of carbonyl (C=O) groups excluding carboxylic acids is 1. The summed E-state index contributed by atoms with van der Waals surface area (Å²) in [6.45, 7) is 0.366. The van der Waals surface area contributed by atoms with Gasteiger partial charge in [0.1, 0.15) is 5.82 Å². The summed E-state index contributed by atoms with van der Waals surface area (Å²) in [4.78, 5) is 12.2. The monoisotopic (exact) mass is 280 g/mol. The Labute approximate surface area is 122 Å². The summed E-state index contributed by atoms with van der Waals surface area (Å²) >= 11 is 0. The number of fused-ring (bicyclic) bond motifs is 1. The Morgan fingerprint density at radius 1 is 1.24 bits per heavy atom. The minimum Gasteiger partial charge on any atom is -0.384 e. The van der Waals surface area contributed by atoms with Crippen LogP contribution in [0, 0.1) is 0 Å². The summed E-state index contributed by atoms with van der Waals surface area (Å²) in [5.74, 6) is 0.442. The first-order chi connectivity index (χ1) is 10.1. The molecule has 0 aliphatic heterocycles. The molecule has 5 nitrogen and oxygen atoms in total. The molecule has 1 amide bonds. The third-order valence-electron chi connectivity index (χ3n) is 3.52. The number of nitrogen functional groups attached to an aromatic ring is 1. The van der Waals surface area contributed by atoms with E-state index < -0.39 is 0 Å². The maximum absolute atomic E-state index is 12.2. The normalized spacial score (nSPS) is 10.7. The number of nitrogens with two attached hydrogens (primary N) is 1. The van der Waals surface area contributed by atoms with Crippen LogP contribution >= 0.6 is 0 Å². The molecule has 0 fully saturated rings. The minimum absolute atomic E-state index is 0.121. The zero-order valence-corrected chi connectivity index (χ0v) is 11.7. The first kappa shape index (κ1) is 13.2. The number of amides is 1. The highest BCUT2D eigenvalue weighted by Crippen LogP contribution is 2.16. The van der Waals surface area contributed by atoms with Crippen molar-refractivity contribution in [1.82, 2.24) is 15.1 Å². The van der Waals surface area contributed by atoms with Gasteiger partial charge in [-0.1, -0.05) is 30.3 Å². The number of benzene rings is 2. The molecule has 2 aromatic carbocycles. The molecule has 0 bridgehead atoms. The van der Waals surface area contributed by atoms with Gasteiger partial charge in [-0.25, -0.2) is 0 Å². The van der Waals surface area contributed by atoms with Gasteiger partial charge in [-0.15, -0.1) is 0 Å². The van der Waals surface area contributed by atoms with E-state index in [2.05, 4.69) is 10.4 Å². The molecule has 3 N–H and O–H groups in total. The molecule has 21 heavy (non-hydrogen) atoms. The van der Waals surface area contributed by atoms with Crippen LogP contribution in [0.3, 0.4) is 0 Å². The molecule has 0 spiro atoms. The zero-order valence-electron chi connectivity index (χ0n) is 11.7. The van der Waals surface area contributed by atoms with Gasteiger partial charge in [0, 0.05) is 24.7 Å². The molecule has 0 aliphatic carbocycles. The van der Waals surface area contributed by atoms with Crippen LogP contribution in [-0.4, -0.2) is 15.7 Å². The van der Waals surface area contributed by atoms with Gasteiger partial charge < -0.3 is 11.1 Å². The molecule has 5 heteroatoms. The predicted molar refractivity (Wildman–Crippen MR) is 82.7 cm³/mol. The second-order valence-corrected chi connectivity index (χ2v) is 4.92. The number of nitrogens with zero attached hydrogens (tertiary/aromatic N) is 2. The van der Waals surface area contributed by atoms with E-state index in [0.29, 0.717) is 17.9 Å². The van der Waals surface area contributed by atoms with Crippen LogP contribution < -0.4 is 11.1 Å². The molecular weight excluding hydrogens is 264 g/mol. The Bertz CT molecular complexity index is 807. The van der Waals surface area contributed by atoms with E-state index in [1.807, 2.05) is 42.5 Å². The molecule has 106 valence electrons. The van der Waals surface area contributed by atoms with Gasteiger partial charge in [0.25, 0.3) is 5.91 Å². The molecule has 1 aromatic heterocycles. The summed E-state index contributed by atoms with van der Waals surface area (Å²) in [5.41, 5.74) is 7.30. The summed E-state index contributed by atoms with van der Waals surface area (Å²) in [6, 6.07) is 13.6. The molecule has 0 unspecified atom stereocenters. The highest BCUT2D eigenvalue weighted by Gasteiger charge is 2.09. The van der Waals surface area contributed by atoms with Gasteiger partial charge in [-0.2, -0.15) is 5.10 Å². The number of nitrogens with one attached hydrogen (secondary N) is 1. The number of carbonyl (C=O) groups is 1. The van der Waals surface area contributed by atoms with Crippen molar-refractivity contribution in [2.45, 2.75) is 6.54 Å². The molecule has 0 aliphatic rings. The number of anilines is 1. The van der Waals surface area contributed by atoms with Crippen LogP contribution in [0.25, 0.3) is 10.8 Å². The maximum atomic E-state index is 12.2. The molecule has 3 rings (SSSR count). The topological polar surface area (TPSA) is 72.9 Å². The lowest BCUT2D eigenvalue weighted by molar-refractivity contribution is 0.0951. The Hall–Kier alpha value is -2.82. The summed E-state index contributed by atoms with van der Waals surface area (Å²) < 4.78 is 1.58. The Kier molecular flexibility index (Phi) is 3.31. The van der Waals surface area contributed by atoms with Gasteiger partial charge in [-0.3, -0.25) is 9.48 Å². The first-order valence-electron chi connectivity index (χ1n) is 6.68. The van der Waals surface area contributed by atoms with E-state index in [9.17, 15) is 4.79 Å². The van der Waals surface area contributed by atoms with Gasteiger partial charge in [-0.05, 0) is 22.9 Å². The molecular formula is C16H16N4O. The van der Waals surface area contributed by atoms with Crippen LogP contribution in [0.2, 0.25) is 0 Å². The first-order valence-corrected chi connectivity index (χ1v) is 6.68. The van der Waals surface area contributed by atoms with Gasteiger partial charge in [0.15, 0.2) is 0 Å². The van der Waals surface area contributed by atoms with Crippen LogP contribution in [0.15, 0.2) is 48.7 Å². The molecule has 0 atom stereocenters. The Morgan fingerprint density at radius 3 is 2.71 bits per heavy atom. The Balaban J connectivity index is 1.76. The molecule has 0 saturated carbocycles. The van der Waals surface area contributed by atoms with E-state index in [-0.39, 0.29) is 5.91 Å². The molecule has 0 saturated heterocycles. The molecule has 3 aromatic rings. The highest BCUT2D eigenvalue weighted by molar-refractivity contribution is 5.98. The van der Waals surface area contributed by atoms with Crippen molar-refractivity contribution in [3.63, 3.8) is 0 Å². The summed E-state index contributed by atoms with van der Waals surface area (Å²) in [5, 5.41) is 9.07. The van der Waals surface area contributed by atoms with E-state index in [1.54, 1.807) is 17.9 Å². The lowest BCUT2D eigenvalue weighted by Gasteiger charge is -2.06. The fourth-order valence-electron chi connectivity index (χ4n) is 2.24. The van der Waals surface area contributed by atoms with Crippen LogP contribution in [0.1, 0.15) is 15.9 Å². The van der Waals surface area contributed by atoms with Gasteiger partial charge in [0.05, 0.1) is 6.20 Å². The van der Waals surface area contributed by atoms with Crippen LogP contribution in [-0.2, 0) is 13.6 Å².